The van der Waals surface area contributed by atoms with Crippen molar-refractivity contribution in [3.8, 4) is 0 Å². The van der Waals surface area contributed by atoms with Gasteiger partial charge in [0.25, 0.3) is 5.56 Å². The highest BCUT2D eigenvalue weighted by Gasteiger charge is 2.33. The fourth-order valence-corrected chi connectivity index (χ4v) is 4.21. The van der Waals surface area contributed by atoms with Crippen LogP contribution in [0.3, 0.4) is 0 Å². The molecule has 0 bridgehead atoms. The number of hydrogen-bond donors (Lipinski definition) is 1. The summed E-state index contributed by atoms with van der Waals surface area (Å²) in [6.45, 7) is 2.72. The highest BCUT2D eigenvalue weighted by molar-refractivity contribution is 5.33. The molecule has 7 nitrogen and oxygen atoms in total. The quantitative estimate of drug-likeness (QED) is 0.771. The lowest BCUT2D eigenvalue weighted by atomic mass is 10.0. The van der Waals surface area contributed by atoms with Crippen LogP contribution in [-0.4, -0.2) is 50.6 Å². The molecular weight excluding hydrogens is 397 g/mol. The number of aromatic nitrogens is 4. The van der Waals surface area contributed by atoms with Crippen LogP contribution in [0.1, 0.15) is 42.6 Å². The summed E-state index contributed by atoms with van der Waals surface area (Å²) in [6.07, 6.45) is 1.59. The molecule has 162 valence electrons. The van der Waals surface area contributed by atoms with Gasteiger partial charge in [0.1, 0.15) is 5.82 Å². The van der Waals surface area contributed by atoms with Gasteiger partial charge in [-0.15, -0.1) is 10.2 Å². The number of aryl methyl sites for hydroxylation is 2. The minimum absolute atomic E-state index is 0.0534. The summed E-state index contributed by atoms with van der Waals surface area (Å²) in [5, 5.41) is 14.5. The second-order valence-corrected chi connectivity index (χ2v) is 7.90. The molecule has 0 radical (unpaired) electrons. The number of alkyl halides is 3. The van der Waals surface area contributed by atoms with Gasteiger partial charge in [0, 0.05) is 25.2 Å². The van der Waals surface area contributed by atoms with E-state index in [0.29, 0.717) is 25.5 Å². The minimum Gasteiger partial charge on any atom is -0.367 e. The van der Waals surface area contributed by atoms with E-state index >= 15 is 0 Å². The number of piperidine rings is 1. The summed E-state index contributed by atoms with van der Waals surface area (Å²) in [7, 11) is 0. The Morgan fingerprint density at radius 3 is 2.73 bits per heavy atom. The van der Waals surface area contributed by atoms with Crippen molar-refractivity contribution < 1.29 is 13.2 Å². The lowest BCUT2D eigenvalue weighted by Gasteiger charge is -2.35. The van der Waals surface area contributed by atoms with E-state index in [1.165, 1.54) is 6.07 Å². The maximum absolute atomic E-state index is 12.6. The van der Waals surface area contributed by atoms with Crippen molar-refractivity contribution >= 4 is 5.82 Å². The monoisotopic (exact) mass is 422 g/mol. The van der Waals surface area contributed by atoms with Gasteiger partial charge in [-0.3, -0.25) is 9.69 Å². The minimum atomic E-state index is -4.49. The van der Waals surface area contributed by atoms with Gasteiger partial charge in [-0.2, -0.15) is 18.3 Å². The maximum Gasteiger partial charge on any atom is 0.435 e. The van der Waals surface area contributed by atoms with Gasteiger partial charge >= 0.3 is 6.18 Å². The Morgan fingerprint density at radius 2 is 1.97 bits per heavy atom. The van der Waals surface area contributed by atoms with Crippen LogP contribution in [0.2, 0.25) is 0 Å². The van der Waals surface area contributed by atoms with Gasteiger partial charge in [-0.1, -0.05) is 6.42 Å². The molecule has 2 aromatic heterocycles. The predicted octanol–water partition coefficient (Wildman–Crippen LogP) is 2.51. The first-order valence-electron chi connectivity index (χ1n) is 10.4. The Kier molecular flexibility index (Phi) is 6.03. The maximum atomic E-state index is 12.6. The van der Waals surface area contributed by atoms with Gasteiger partial charge in [0.15, 0.2) is 5.69 Å². The molecule has 3 heterocycles. The summed E-state index contributed by atoms with van der Waals surface area (Å²) in [6, 6.07) is 4.16. The zero-order valence-electron chi connectivity index (χ0n) is 16.7. The van der Waals surface area contributed by atoms with Crippen LogP contribution in [0, 0.1) is 0 Å². The van der Waals surface area contributed by atoms with Gasteiger partial charge in [0.05, 0.1) is 12.2 Å². The third-order valence-corrected chi connectivity index (χ3v) is 5.85. The average molecular weight is 422 g/mol. The molecule has 0 aromatic carbocycles. The summed E-state index contributed by atoms with van der Waals surface area (Å²) in [5.41, 5.74) is 1.06. The van der Waals surface area contributed by atoms with Crippen LogP contribution < -0.4 is 10.9 Å². The SMILES string of the molecule is O=c1cc2c(nn1CCN1CCCCC1CNc1ccc(C(F)(F)F)nn1)CCC2. The lowest BCUT2D eigenvalue weighted by molar-refractivity contribution is -0.141. The van der Waals surface area contributed by atoms with Crippen molar-refractivity contribution in [2.24, 2.45) is 0 Å². The number of rotatable bonds is 6. The van der Waals surface area contributed by atoms with Crippen LogP contribution in [0.25, 0.3) is 0 Å². The fourth-order valence-electron chi connectivity index (χ4n) is 4.21. The molecule has 0 saturated carbocycles. The molecule has 1 N–H and O–H groups in total. The molecule has 0 amide bonds. The number of fused-ring (bicyclic) bond motifs is 1. The second-order valence-electron chi connectivity index (χ2n) is 7.90. The van der Waals surface area contributed by atoms with Crippen molar-refractivity contribution in [3.63, 3.8) is 0 Å². The molecule has 10 heteroatoms. The van der Waals surface area contributed by atoms with Gasteiger partial charge in [0.2, 0.25) is 0 Å². The largest absolute Gasteiger partial charge is 0.435 e. The molecule has 1 aliphatic carbocycles. The van der Waals surface area contributed by atoms with Gasteiger partial charge < -0.3 is 5.32 Å². The number of nitrogens with zero attached hydrogens (tertiary/aromatic N) is 5. The Morgan fingerprint density at radius 1 is 1.10 bits per heavy atom. The number of anilines is 1. The van der Waals surface area contributed by atoms with Gasteiger partial charge in [-0.25, -0.2) is 4.68 Å². The first-order chi connectivity index (χ1) is 14.4. The molecule has 0 spiro atoms. The van der Waals surface area contributed by atoms with E-state index in [0.717, 1.165) is 62.4 Å². The topological polar surface area (TPSA) is 75.9 Å². The summed E-state index contributed by atoms with van der Waals surface area (Å²) in [5.74, 6) is 0.324. The first kappa shape index (κ1) is 20.8. The Bertz CT molecular complexity index is 928. The average Bonchev–Trinajstić information content (AvgIpc) is 3.18. The summed E-state index contributed by atoms with van der Waals surface area (Å²) < 4.78 is 39.4. The first-order valence-corrected chi connectivity index (χ1v) is 10.4. The molecule has 30 heavy (non-hydrogen) atoms. The van der Waals surface area contributed by atoms with Crippen molar-refractivity contribution in [1.82, 2.24) is 24.9 Å². The van der Waals surface area contributed by atoms with E-state index in [9.17, 15) is 18.0 Å². The molecule has 2 aromatic rings. The van der Waals surface area contributed by atoms with Crippen molar-refractivity contribution in [2.75, 3.05) is 25.0 Å². The molecule has 4 rings (SSSR count). The standard InChI is InChI=1S/C20H25F3N6O/c21-20(22,23)17-7-8-18(26-25-17)24-13-15-5-1-2-9-28(15)10-11-29-19(30)12-14-4-3-6-16(14)27-29/h7-8,12,15H,1-6,9-11,13H2,(H,24,26). The molecule has 1 aliphatic heterocycles. The van der Waals surface area contributed by atoms with E-state index < -0.39 is 11.9 Å². The number of nitrogens with one attached hydrogen (secondary N) is 1. The van der Waals surface area contributed by atoms with Crippen molar-refractivity contribution in [3.05, 3.63) is 45.5 Å². The highest BCUT2D eigenvalue weighted by Crippen LogP contribution is 2.27. The van der Waals surface area contributed by atoms with E-state index in [-0.39, 0.29) is 11.6 Å². The third-order valence-electron chi connectivity index (χ3n) is 5.85. The van der Waals surface area contributed by atoms with Crippen LogP contribution in [0.15, 0.2) is 23.0 Å². The van der Waals surface area contributed by atoms with Crippen molar-refractivity contribution in [1.29, 1.82) is 0 Å². The number of halogens is 3. The predicted molar refractivity (Wildman–Crippen MR) is 105 cm³/mol. The van der Waals surface area contributed by atoms with Gasteiger partial charge in [-0.05, 0) is 56.3 Å². The Hall–Kier alpha value is -2.49. The van der Waals surface area contributed by atoms with E-state index in [4.69, 9.17) is 0 Å². The number of likely N-dealkylation sites (tertiary alicyclic amines) is 1. The Balaban J connectivity index is 1.35. The second kappa shape index (κ2) is 8.71. The molecular formula is C20H25F3N6O. The third kappa shape index (κ3) is 4.80. The molecule has 2 aliphatic rings. The van der Waals surface area contributed by atoms with Crippen LogP contribution >= 0.6 is 0 Å². The van der Waals surface area contributed by atoms with E-state index in [2.05, 4.69) is 25.5 Å². The normalized spacial score (nSPS) is 19.6. The summed E-state index contributed by atoms with van der Waals surface area (Å²) >= 11 is 0. The molecule has 1 unspecified atom stereocenters. The van der Waals surface area contributed by atoms with Crippen LogP contribution in [0.5, 0.6) is 0 Å². The van der Waals surface area contributed by atoms with Crippen LogP contribution in [-0.2, 0) is 25.6 Å². The lowest BCUT2D eigenvalue weighted by Crippen LogP contribution is -2.45. The highest BCUT2D eigenvalue weighted by atomic mass is 19.4. The molecule has 1 fully saturated rings. The zero-order valence-corrected chi connectivity index (χ0v) is 16.7. The molecule has 1 saturated heterocycles. The fraction of sp³-hybridized carbons (Fsp3) is 0.600. The van der Waals surface area contributed by atoms with Crippen molar-refractivity contribution in [2.45, 2.75) is 57.3 Å². The van der Waals surface area contributed by atoms with E-state index in [1.807, 2.05) is 0 Å². The number of hydrogen-bond acceptors (Lipinski definition) is 6. The smallest absolute Gasteiger partial charge is 0.367 e. The van der Waals surface area contributed by atoms with E-state index in [1.54, 1.807) is 10.7 Å². The summed E-state index contributed by atoms with van der Waals surface area (Å²) in [4.78, 5) is 14.6. The van der Waals surface area contributed by atoms with Crippen LogP contribution in [0.4, 0.5) is 19.0 Å². The molecule has 1 atom stereocenters. The zero-order chi connectivity index (χ0) is 21.1. The Labute approximate surface area is 172 Å².